The number of aromatic nitrogens is 2. The second kappa shape index (κ2) is 7.31. The van der Waals surface area contributed by atoms with E-state index in [1.54, 1.807) is 11.0 Å². The van der Waals surface area contributed by atoms with Gasteiger partial charge in [-0.25, -0.2) is 4.39 Å². The zero-order chi connectivity index (χ0) is 18.8. The van der Waals surface area contributed by atoms with Crippen LogP contribution in [0.25, 0.3) is 11.5 Å². The third-order valence-electron chi connectivity index (χ3n) is 4.79. The lowest BCUT2D eigenvalue weighted by atomic mass is 10.0. The fourth-order valence-electron chi connectivity index (χ4n) is 3.32. The van der Waals surface area contributed by atoms with Crippen LogP contribution in [-0.2, 0) is 17.6 Å². The number of carbonyl (C=O) groups is 1. The van der Waals surface area contributed by atoms with Crippen LogP contribution in [0.3, 0.4) is 0 Å². The minimum atomic E-state index is -0.326. The number of carbonyl (C=O) groups excluding carboxylic acids is 1. The molecule has 5 nitrogen and oxygen atoms in total. The van der Waals surface area contributed by atoms with Crippen molar-refractivity contribution in [3.63, 3.8) is 0 Å². The second-order valence-corrected chi connectivity index (χ2v) is 6.79. The molecule has 0 saturated heterocycles. The molecule has 0 fully saturated rings. The van der Waals surface area contributed by atoms with E-state index in [4.69, 9.17) is 4.42 Å². The fourth-order valence-corrected chi connectivity index (χ4v) is 3.32. The topological polar surface area (TPSA) is 59.2 Å². The molecule has 0 radical (unpaired) electrons. The summed E-state index contributed by atoms with van der Waals surface area (Å²) in [7, 11) is 0. The molecule has 2 aromatic carbocycles. The Morgan fingerprint density at radius 1 is 1.19 bits per heavy atom. The maximum Gasteiger partial charge on any atom is 0.247 e. The van der Waals surface area contributed by atoms with Gasteiger partial charge in [-0.3, -0.25) is 4.79 Å². The molecule has 0 atom stereocenters. The fraction of sp³-hybridized carbons (Fsp3) is 0.286. The summed E-state index contributed by atoms with van der Waals surface area (Å²) in [6, 6.07) is 12.5. The van der Waals surface area contributed by atoms with Crippen molar-refractivity contribution in [3.05, 3.63) is 65.3 Å². The Morgan fingerprint density at radius 3 is 2.81 bits per heavy atom. The van der Waals surface area contributed by atoms with E-state index in [1.807, 2.05) is 31.2 Å². The number of rotatable bonds is 4. The Bertz CT molecular complexity index is 966. The first-order chi connectivity index (χ1) is 13.1. The number of hydrogen-bond donors (Lipinski definition) is 0. The van der Waals surface area contributed by atoms with Crippen LogP contribution < -0.4 is 4.90 Å². The quantitative estimate of drug-likeness (QED) is 0.698. The van der Waals surface area contributed by atoms with Gasteiger partial charge >= 0.3 is 0 Å². The Morgan fingerprint density at radius 2 is 2.00 bits per heavy atom. The molecule has 0 N–H and O–H groups in total. The molecule has 0 bridgehead atoms. The Hall–Kier alpha value is -3.02. The number of benzene rings is 2. The average molecular weight is 365 g/mol. The number of hydrogen-bond acceptors (Lipinski definition) is 4. The number of anilines is 1. The number of fused-ring (bicyclic) bond motifs is 1. The summed E-state index contributed by atoms with van der Waals surface area (Å²) >= 11 is 0. The molecule has 1 aliphatic heterocycles. The predicted octanol–water partition coefficient (Wildman–Crippen LogP) is 4.10. The van der Waals surface area contributed by atoms with Crippen LogP contribution in [0.1, 0.15) is 29.9 Å². The number of amides is 1. The zero-order valence-electron chi connectivity index (χ0n) is 15.1. The Labute approximate surface area is 156 Å². The largest absolute Gasteiger partial charge is 0.421 e. The molecule has 0 spiro atoms. The van der Waals surface area contributed by atoms with E-state index in [0.29, 0.717) is 30.4 Å². The third-order valence-corrected chi connectivity index (χ3v) is 4.79. The molecule has 6 heteroatoms. The predicted molar refractivity (Wildman–Crippen MR) is 99.9 cm³/mol. The van der Waals surface area contributed by atoms with Gasteiger partial charge in [0.2, 0.25) is 17.7 Å². The van der Waals surface area contributed by atoms with E-state index in [0.717, 1.165) is 29.5 Å². The summed E-state index contributed by atoms with van der Waals surface area (Å²) in [4.78, 5) is 14.3. The summed E-state index contributed by atoms with van der Waals surface area (Å²) in [6.07, 6.45) is 2.34. The van der Waals surface area contributed by atoms with Crippen molar-refractivity contribution in [2.45, 2.75) is 32.6 Å². The van der Waals surface area contributed by atoms with Gasteiger partial charge in [-0.2, -0.15) is 0 Å². The van der Waals surface area contributed by atoms with E-state index in [2.05, 4.69) is 10.2 Å². The highest BCUT2D eigenvalue weighted by atomic mass is 19.1. The van der Waals surface area contributed by atoms with E-state index in [-0.39, 0.29) is 18.1 Å². The summed E-state index contributed by atoms with van der Waals surface area (Å²) in [6.45, 7) is 2.62. The second-order valence-electron chi connectivity index (χ2n) is 6.79. The molecular formula is C21H20FN3O2. The Balaban J connectivity index is 1.43. The van der Waals surface area contributed by atoms with Crippen molar-refractivity contribution in [2.75, 3.05) is 11.4 Å². The third kappa shape index (κ3) is 3.74. The van der Waals surface area contributed by atoms with Gasteiger partial charge in [-0.05, 0) is 49.6 Å². The van der Waals surface area contributed by atoms with Gasteiger partial charge in [0.1, 0.15) is 5.82 Å². The van der Waals surface area contributed by atoms with E-state index >= 15 is 0 Å². The molecule has 3 aromatic rings. The average Bonchev–Trinajstić information content (AvgIpc) is 3.15. The molecule has 2 heterocycles. The van der Waals surface area contributed by atoms with Crippen molar-refractivity contribution < 1.29 is 13.6 Å². The SMILES string of the molecule is Cc1ccc(-c2nnc(CCC(=O)N3CCCc4ccc(F)cc43)o2)cc1. The minimum absolute atomic E-state index is 0.0587. The van der Waals surface area contributed by atoms with Crippen LogP contribution in [0.15, 0.2) is 46.9 Å². The molecule has 138 valence electrons. The highest BCUT2D eigenvalue weighted by Gasteiger charge is 2.23. The first-order valence-electron chi connectivity index (χ1n) is 9.08. The molecule has 4 rings (SSSR count). The molecule has 1 aromatic heterocycles. The van der Waals surface area contributed by atoms with Crippen molar-refractivity contribution in [1.82, 2.24) is 10.2 Å². The molecule has 0 unspecified atom stereocenters. The summed E-state index contributed by atoms with van der Waals surface area (Å²) in [5, 5.41) is 8.11. The van der Waals surface area contributed by atoms with Crippen LogP contribution in [0, 0.1) is 12.7 Å². The molecular weight excluding hydrogens is 345 g/mol. The number of halogens is 1. The maximum atomic E-state index is 13.6. The van der Waals surface area contributed by atoms with Gasteiger partial charge in [-0.1, -0.05) is 23.8 Å². The lowest BCUT2D eigenvalue weighted by Gasteiger charge is -2.29. The van der Waals surface area contributed by atoms with Crippen LogP contribution in [0.4, 0.5) is 10.1 Å². The van der Waals surface area contributed by atoms with Gasteiger partial charge in [0.05, 0.1) is 0 Å². The molecule has 27 heavy (non-hydrogen) atoms. The van der Waals surface area contributed by atoms with Crippen LogP contribution in [0.5, 0.6) is 0 Å². The zero-order valence-corrected chi connectivity index (χ0v) is 15.1. The Kier molecular flexibility index (Phi) is 4.71. The lowest BCUT2D eigenvalue weighted by molar-refractivity contribution is -0.118. The first kappa shape index (κ1) is 17.4. The van der Waals surface area contributed by atoms with Crippen LogP contribution >= 0.6 is 0 Å². The summed E-state index contributed by atoms with van der Waals surface area (Å²) in [5.74, 6) is 0.489. The lowest BCUT2D eigenvalue weighted by Crippen LogP contribution is -2.35. The van der Waals surface area contributed by atoms with Crippen molar-refractivity contribution in [2.24, 2.45) is 0 Å². The van der Waals surface area contributed by atoms with E-state index in [1.165, 1.54) is 12.1 Å². The van der Waals surface area contributed by atoms with Gasteiger partial charge in [0, 0.05) is 30.6 Å². The monoisotopic (exact) mass is 365 g/mol. The van der Waals surface area contributed by atoms with Crippen molar-refractivity contribution in [1.29, 1.82) is 0 Å². The highest BCUT2D eigenvalue weighted by Crippen LogP contribution is 2.28. The van der Waals surface area contributed by atoms with Crippen molar-refractivity contribution in [3.8, 4) is 11.5 Å². The van der Waals surface area contributed by atoms with Gasteiger partial charge in [-0.15, -0.1) is 10.2 Å². The van der Waals surface area contributed by atoms with Gasteiger partial charge in [0.25, 0.3) is 0 Å². The molecule has 0 aliphatic carbocycles. The maximum absolute atomic E-state index is 13.6. The molecule has 1 aliphatic rings. The highest BCUT2D eigenvalue weighted by molar-refractivity contribution is 5.94. The van der Waals surface area contributed by atoms with E-state index < -0.39 is 0 Å². The smallest absolute Gasteiger partial charge is 0.247 e. The molecule has 0 saturated carbocycles. The standard InChI is InChI=1S/C21H20FN3O2/c1-14-4-6-16(7-5-14)21-24-23-19(27-21)10-11-20(26)25-12-2-3-15-8-9-17(22)13-18(15)25/h4-9,13H,2-3,10-12H2,1H3. The molecule has 1 amide bonds. The first-order valence-corrected chi connectivity index (χ1v) is 9.08. The summed E-state index contributed by atoms with van der Waals surface area (Å²) in [5.41, 5.74) is 3.70. The van der Waals surface area contributed by atoms with Gasteiger partial charge < -0.3 is 9.32 Å². The van der Waals surface area contributed by atoms with Crippen LogP contribution in [0.2, 0.25) is 0 Å². The van der Waals surface area contributed by atoms with Crippen LogP contribution in [-0.4, -0.2) is 22.6 Å². The number of aryl methyl sites for hydroxylation is 3. The van der Waals surface area contributed by atoms with E-state index in [9.17, 15) is 9.18 Å². The van der Waals surface area contributed by atoms with Gasteiger partial charge in [0.15, 0.2) is 0 Å². The minimum Gasteiger partial charge on any atom is -0.421 e. The normalized spacial score (nSPS) is 13.5. The number of nitrogens with zero attached hydrogens (tertiary/aromatic N) is 3. The van der Waals surface area contributed by atoms with Crippen molar-refractivity contribution >= 4 is 11.6 Å². The summed E-state index contributed by atoms with van der Waals surface area (Å²) < 4.78 is 19.3.